The van der Waals surface area contributed by atoms with E-state index in [9.17, 15) is 39.5 Å². The normalized spacial score (nSPS) is 12.8. The number of methoxy groups -OCH3 is 2. The van der Waals surface area contributed by atoms with Gasteiger partial charge in [-0.25, -0.2) is 8.78 Å². The van der Waals surface area contributed by atoms with Crippen molar-refractivity contribution < 1.29 is 49.0 Å². The van der Waals surface area contributed by atoms with Crippen LogP contribution in [0.15, 0.2) is 18.5 Å². The number of halogens is 9. The number of benzene rings is 1. The van der Waals surface area contributed by atoms with Crippen LogP contribution in [-0.2, 0) is 0 Å². The van der Waals surface area contributed by atoms with Crippen molar-refractivity contribution in [1.82, 2.24) is 19.6 Å². The quantitative estimate of drug-likeness (QED) is 0.499. The van der Waals surface area contributed by atoms with Gasteiger partial charge in [0.05, 0.1) is 26.3 Å². The average molecular weight is 489 g/mol. The predicted molar refractivity (Wildman–Crippen MR) is 93.7 cm³/mol. The fourth-order valence-corrected chi connectivity index (χ4v) is 2.77. The minimum absolute atomic E-state index is 0.376. The smallest absolute Gasteiger partial charge is 0.459 e. The summed E-state index contributed by atoms with van der Waals surface area (Å²) in [6.45, 7) is -2.28. The molecule has 1 N–H and O–H groups in total. The third-order valence-corrected chi connectivity index (χ3v) is 4.39. The van der Waals surface area contributed by atoms with Gasteiger partial charge in [-0.15, -0.1) is 0 Å². The molecule has 0 amide bonds. The summed E-state index contributed by atoms with van der Waals surface area (Å²) in [5.74, 6) is -16.6. The number of alkyl halides is 7. The van der Waals surface area contributed by atoms with Crippen molar-refractivity contribution in [2.24, 2.45) is 0 Å². The minimum atomic E-state index is -6.56. The Morgan fingerprint density at radius 1 is 0.970 bits per heavy atom. The lowest BCUT2D eigenvalue weighted by atomic mass is 10.1. The maximum atomic E-state index is 14.7. The summed E-state index contributed by atoms with van der Waals surface area (Å²) in [6.07, 6.45) is -5.73. The number of hydrogen-bond donors (Lipinski definition) is 1. The zero-order valence-electron chi connectivity index (χ0n) is 16.4. The molecular formula is C17H12F9N5O2. The predicted octanol–water partition coefficient (Wildman–Crippen LogP) is 4.33. The van der Waals surface area contributed by atoms with E-state index in [2.05, 4.69) is 19.8 Å². The Morgan fingerprint density at radius 3 is 2.21 bits per heavy atom. The lowest BCUT2D eigenvalue weighted by molar-refractivity contribution is -0.350. The third kappa shape index (κ3) is 4.04. The summed E-state index contributed by atoms with van der Waals surface area (Å²) in [7, 11) is 2.05. The first-order chi connectivity index (χ1) is 15.2. The fraction of sp³-hybridized carbons (Fsp3) is 0.353. The maximum Gasteiger partial charge on any atom is 0.459 e. The Kier molecular flexibility index (Phi) is 5.97. The van der Waals surface area contributed by atoms with Gasteiger partial charge in [-0.05, 0) is 6.07 Å². The molecule has 0 unspecified atom stereocenters. The molecule has 3 aromatic rings. The second-order valence-electron chi connectivity index (χ2n) is 6.41. The van der Waals surface area contributed by atoms with Crippen LogP contribution in [0.1, 0.15) is 0 Å². The van der Waals surface area contributed by atoms with Gasteiger partial charge in [0.2, 0.25) is 5.88 Å². The highest BCUT2D eigenvalue weighted by Gasteiger charge is 2.72. The van der Waals surface area contributed by atoms with Crippen LogP contribution in [0.2, 0.25) is 0 Å². The lowest BCUT2D eigenvalue weighted by Crippen LogP contribution is -2.55. The number of anilines is 1. The molecule has 33 heavy (non-hydrogen) atoms. The van der Waals surface area contributed by atoms with Gasteiger partial charge in [0.1, 0.15) is 18.0 Å². The molecule has 7 nitrogen and oxygen atoms in total. The molecule has 0 bridgehead atoms. The van der Waals surface area contributed by atoms with Gasteiger partial charge < -0.3 is 14.8 Å². The zero-order valence-corrected chi connectivity index (χ0v) is 16.4. The molecule has 2 heterocycles. The van der Waals surface area contributed by atoms with Crippen LogP contribution in [0.3, 0.4) is 0 Å². The molecule has 0 radical (unpaired) electrons. The SMILES string of the molecule is COc1cc(F)c(-c2c(OC)nc3ncnn3c2NCC(F)(F)C(F)(F)C(F)(F)F)cc1F. The zero-order chi connectivity index (χ0) is 24.8. The van der Waals surface area contributed by atoms with Crippen molar-refractivity contribution in [3.05, 3.63) is 30.1 Å². The van der Waals surface area contributed by atoms with E-state index < -0.39 is 64.8 Å². The van der Waals surface area contributed by atoms with Crippen molar-refractivity contribution in [1.29, 1.82) is 0 Å². The van der Waals surface area contributed by atoms with Crippen molar-refractivity contribution in [2.45, 2.75) is 18.0 Å². The monoisotopic (exact) mass is 489 g/mol. The van der Waals surface area contributed by atoms with E-state index in [0.29, 0.717) is 16.6 Å². The second kappa shape index (κ2) is 8.15. The molecule has 0 aliphatic heterocycles. The number of aromatic nitrogens is 4. The molecule has 0 aliphatic carbocycles. The summed E-state index contributed by atoms with van der Waals surface area (Å²) in [5, 5.41) is 5.31. The van der Waals surface area contributed by atoms with Gasteiger partial charge in [-0.2, -0.15) is 50.3 Å². The average Bonchev–Trinajstić information content (AvgIpc) is 3.20. The fourth-order valence-electron chi connectivity index (χ4n) is 2.77. The minimum Gasteiger partial charge on any atom is -0.494 e. The van der Waals surface area contributed by atoms with Gasteiger partial charge in [0, 0.05) is 11.6 Å². The third-order valence-electron chi connectivity index (χ3n) is 4.39. The summed E-state index contributed by atoms with van der Waals surface area (Å²) in [6, 6.07) is 1.15. The first-order valence-corrected chi connectivity index (χ1v) is 8.62. The molecule has 0 saturated heterocycles. The summed E-state index contributed by atoms with van der Waals surface area (Å²) < 4.78 is 131. The summed E-state index contributed by atoms with van der Waals surface area (Å²) >= 11 is 0. The van der Waals surface area contributed by atoms with E-state index in [1.54, 1.807) is 5.32 Å². The highest BCUT2D eigenvalue weighted by atomic mass is 19.4. The van der Waals surface area contributed by atoms with E-state index in [-0.39, 0.29) is 5.78 Å². The van der Waals surface area contributed by atoms with Gasteiger partial charge in [0.15, 0.2) is 11.6 Å². The Labute approximate surface area is 178 Å². The molecule has 0 spiro atoms. The maximum absolute atomic E-state index is 14.7. The van der Waals surface area contributed by atoms with Crippen LogP contribution in [0.4, 0.5) is 45.3 Å². The standard InChI is InChI=1S/C17H12F9N5O2/c1-32-10-4-8(18)7(3-9(10)19)11-12(31-14(28-6-29-31)30-13(11)33-2)27-5-15(20,21)16(22,23)17(24,25)26/h3-4,6,27H,5H2,1-2H3. The second-order valence-corrected chi connectivity index (χ2v) is 6.41. The Bertz CT molecular complexity index is 1180. The number of nitrogens with zero attached hydrogens (tertiary/aromatic N) is 4. The molecule has 180 valence electrons. The molecular weight excluding hydrogens is 477 g/mol. The van der Waals surface area contributed by atoms with Crippen LogP contribution >= 0.6 is 0 Å². The van der Waals surface area contributed by atoms with Gasteiger partial charge >= 0.3 is 18.0 Å². The highest BCUT2D eigenvalue weighted by Crippen LogP contribution is 2.47. The summed E-state index contributed by atoms with van der Waals surface area (Å²) in [4.78, 5) is 7.47. The van der Waals surface area contributed by atoms with E-state index in [4.69, 9.17) is 4.74 Å². The highest BCUT2D eigenvalue weighted by molar-refractivity contribution is 5.82. The summed E-state index contributed by atoms with van der Waals surface area (Å²) in [5.41, 5.74) is -1.29. The molecule has 0 atom stereocenters. The molecule has 0 saturated carbocycles. The molecule has 16 heteroatoms. The molecule has 0 aliphatic rings. The van der Waals surface area contributed by atoms with Crippen molar-refractivity contribution >= 4 is 11.6 Å². The van der Waals surface area contributed by atoms with E-state index in [1.807, 2.05) is 0 Å². The van der Waals surface area contributed by atoms with Crippen molar-refractivity contribution in [2.75, 3.05) is 26.1 Å². The van der Waals surface area contributed by atoms with Crippen LogP contribution in [0.25, 0.3) is 16.9 Å². The number of hydrogen-bond acceptors (Lipinski definition) is 6. The van der Waals surface area contributed by atoms with Gasteiger partial charge in [-0.1, -0.05) is 0 Å². The number of ether oxygens (including phenoxy) is 2. The Morgan fingerprint density at radius 2 is 1.64 bits per heavy atom. The van der Waals surface area contributed by atoms with Gasteiger partial charge in [0.25, 0.3) is 5.78 Å². The molecule has 3 rings (SSSR count). The topological polar surface area (TPSA) is 73.6 Å². The van der Waals surface area contributed by atoms with Crippen LogP contribution in [0, 0.1) is 11.6 Å². The first kappa shape index (κ1) is 24.2. The van der Waals surface area contributed by atoms with Crippen molar-refractivity contribution in [3.63, 3.8) is 0 Å². The van der Waals surface area contributed by atoms with Crippen LogP contribution < -0.4 is 14.8 Å². The van der Waals surface area contributed by atoms with E-state index in [0.717, 1.165) is 20.5 Å². The van der Waals surface area contributed by atoms with Gasteiger partial charge in [-0.3, -0.25) is 0 Å². The van der Waals surface area contributed by atoms with Crippen LogP contribution in [0.5, 0.6) is 11.6 Å². The van der Waals surface area contributed by atoms with Crippen molar-refractivity contribution in [3.8, 4) is 22.8 Å². The molecule has 0 fully saturated rings. The Hall–Kier alpha value is -3.46. The Balaban J connectivity index is 2.20. The number of fused-ring (bicyclic) bond motifs is 1. The number of nitrogens with one attached hydrogen (secondary N) is 1. The molecule has 1 aromatic carbocycles. The first-order valence-electron chi connectivity index (χ1n) is 8.62. The van der Waals surface area contributed by atoms with Crippen LogP contribution in [-0.4, -0.2) is 58.4 Å². The largest absolute Gasteiger partial charge is 0.494 e. The van der Waals surface area contributed by atoms with E-state index in [1.165, 1.54) is 0 Å². The molecule has 2 aromatic heterocycles. The van der Waals surface area contributed by atoms with E-state index >= 15 is 0 Å². The number of rotatable bonds is 7. The lowest BCUT2D eigenvalue weighted by Gasteiger charge is -2.29.